The number of pyridine rings is 1. The summed E-state index contributed by atoms with van der Waals surface area (Å²) in [6.45, 7) is 2.02. The molecule has 0 amide bonds. The third kappa shape index (κ3) is 2.62. The van der Waals surface area contributed by atoms with Crippen LogP contribution in [0.1, 0.15) is 18.4 Å². The highest BCUT2D eigenvalue weighted by Gasteiger charge is 2.12. The van der Waals surface area contributed by atoms with Crippen molar-refractivity contribution in [2.24, 2.45) is 5.90 Å². The SMILES string of the molecule is CC(CON)c1cc(Cl)cnc1F. The molecule has 5 heteroatoms. The lowest BCUT2D eigenvalue weighted by Gasteiger charge is -2.10. The van der Waals surface area contributed by atoms with Gasteiger partial charge in [0, 0.05) is 17.7 Å². The maximum Gasteiger partial charge on any atom is 0.216 e. The van der Waals surface area contributed by atoms with E-state index in [1.165, 1.54) is 12.3 Å². The minimum Gasteiger partial charge on any atom is -0.304 e. The standard InChI is InChI=1S/C8H10ClFN2O/c1-5(4-13-11)7-2-6(9)3-12-8(7)10/h2-3,5H,4,11H2,1H3. The lowest BCUT2D eigenvalue weighted by Crippen LogP contribution is -2.10. The molecule has 72 valence electrons. The molecule has 1 unspecified atom stereocenters. The molecule has 13 heavy (non-hydrogen) atoms. The number of aromatic nitrogens is 1. The first-order chi connectivity index (χ1) is 6.15. The molecule has 0 bridgehead atoms. The average molecular weight is 205 g/mol. The van der Waals surface area contributed by atoms with Gasteiger partial charge >= 0.3 is 0 Å². The molecule has 0 saturated carbocycles. The van der Waals surface area contributed by atoms with Gasteiger partial charge < -0.3 is 4.84 Å². The molecule has 0 saturated heterocycles. The Balaban J connectivity index is 2.91. The van der Waals surface area contributed by atoms with E-state index in [1.807, 2.05) is 0 Å². The van der Waals surface area contributed by atoms with E-state index in [1.54, 1.807) is 6.92 Å². The van der Waals surface area contributed by atoms with Crippen molar-refractivity contribution in [3.05, 3.63) is 28.8 Å². The molecule has 0 radical (unpaired) electrons. The minimum atomic E-state index is -0.533. The van der Waals surface area contributed by atoms with Gasteiger partial charge in [0.15, 0.2) is 0 Å². The molecule has 1 atom stereocenters. The largest absolute Gasteiger partial charge is 0.304 e. The van der Waals surface area contributed by atoms with E-state index in [0.29, 0.717) is 10.6 Å². The zero-order valence-electron chi connectivity index (χ0n) is 7.13. The quantitative estimate of drug-likeness (QED) is 0.604. The molecule has 0 aliphatic heterocycles. The van der Waals surface area contributed by atoms with Crippen molar-refractivity contribution in [2.75, 3.05) is 6.61 Å². The van der Waals surface area contributed by atoms with Gasteiger partial charge in [-0.15, -0.1) is 0 Å². The van der Waals surface area contributed by atoms with Crippen LogP contribution < -0.4 is 5.90 Å². The van der Waals surface area contributed by atoms with Gasteiger partial charge in [0.1, 0.15) is 0 Å². The maximum atomic E-state index is 13.1. The summed E-state index contributed by atoms with van der Waals surface area (Å²) < 4.78 is 13.1. The van der Waals surface area contributed by atoms with Crippen LogP contribution >= 0.6 is 11.6 Å². The maximum absolute atomic E-state index is 13.1. The Hall–Kier alpha value is -0.710. The van der Waals surface area contributed by atoms with Crippen LogP contribution in [-0.2, 0) is 4.84 Å². The normalized spacial score (nSPS) is 12.9. The Morgan fingerprint density at radius 3 is 3.08 bits per heavy atom. The Kier molecular flexibility index (Phi) is 3.59. The topological polar surface area (TPSA) is 48.1 Å². The lowest BCUT2D eigenvalue weighted by molar-refractivity contribution is 0.125. The van der Waals surface area contributed by atoms with E-state index < -0.39 is 5.95 Å². The van der Waals surface area contributed by atoms with E-state index >= 15 is 0 Å². The Morgan fingerprint density at radius 2 is 2.46 bits per heavy atom. The first-order valence-electron chi connectivity index (χ1n) is 3.77. The van der Waals surface area contributed by atoms with Gasteiger partial charge in [0.25, 0.3) is 0 Å². The summed E-state index contributed by atoms with van der Waals surface area (Å²) in [5, 5.41) is 0.403. The van der Waals surface area contributed by atoms with Gasteiger partial charge in [-0.2, -0.15) is 4.39 Å². The fraction of sp³-hybridized carbons (Fsp3) is 0.375. The monoisotopic (exact) mass is 204 g/mol. The Bertz CT molecular complexity index is 295. The van der Waals surface area contributed by atoms with Crippen molar-refractivity contribution in [1.82, 2.24) is 4.98 Å². The molecule has 1 rings (SSSR count). The zero-order valence-corrected chi connectivity index (χ0v) is 7.88. The summed E-state index contributed by atoms with van der Waals surface area (Å²) in [7, 11) is 0. The van der Waals surface area contributed by atoms with Crippen LogP contribution in [0.3, 0.4) is 0 Å². The fourth-order valence-electron chi connectivity index (χ4n) is 1.02. The van der Waals surface area contributed by atoms with Crippen molar-refractivity contribution in [3.8, 4) is 0 Å². The second-order valence-electron chi connectivity index (χ2n) is 2.77. The molecule has 3 nitrogen and oxygen atoms in total. The van der Waals surface area contributed by atoms with Gasteiger partial charge in [-0.3, -0.25) is 0 Å². The van der Waals surface area contributed by atoms with Gasteiger partial charge in [-0.1, -0.05) is 18.5 Å². The predicted molar refractivity (Wildman–Crippen MR) is 47.8 cm³/mol. The summed E-state index contributed by atoms with van der Waals surface area (Å²) >= 11 is 5.66. The second kappa shape index (κ2) is 4.50. The summed E-state index contributed by atoms with van der Waals surface area (Å²) in [5.74, 6) is 4.19. The van der Waals surface area contributed by atoms with Crippen molar-refractivity contribution >= 4 is 11.6 Å². The summed E-state index contributed by atoms with van der Waals surface area (Å²) in [5.41, 5.74) is 0.415. The number of nitrogens with zero attached hydrogens (tertiary/aromatic N) is 1. The molecule has 0 spiro atoms. The van der Waals surface area contributed by atoms with Crippen LogP contribution in [0.5, 0.6) is 0 Å². The number of halogens is 2. The second-order valence-corrected chi connectivity index (χ2v) is 3.20. The molecule has 0 aromatic carbocycles. The zero-order chi connectivity index (χ0) is 9.84. The van der Waals surface area contributed by atoms with E-state index in [2.05, 4.69) is 9.82 Å². The van der Waals surface area contributed by atoms with Gasteiger partial charge in [0.2, 0.25) is 5.95 Å². The molecular formula is C8H10ClFN2O. The van der Waals surface area contributed by atoms with Crippen LogP contribution in [0, 0.1) is 5.95 Å². The van der Waals surface area contributed by atoms with E-state index in [0.717, 1.165) is 0 Å². The first-order valence-corrected chi connectivity index (χ1v) is 4.15. The van der Waals surface area contributed by atoms with E-state index in [4.69, 9.17) is 17.5 Å². The minimum absolute atomic E-state index is 0.156. The third-order valence-corrected chi connectivity index (χ3v) is 1.92. The van der Waals surface area contributed by atoms with Crippen molar-refractivity contribution in [1.29, 1.82) is 0 Å². The first kappa shape index (κ1) is 10.4. The van der Waals surface area contributed by atoms with Crippen LogP contribution in [0.25, 0.3) is 0 Å². The highest BCUT2D eigenvalue weighted by molar-refractivity contribution is 6.30. The molecule has 0 fully saturated rings. The van der Waals surface area contributed by atoms with Crippen LogP contribution in [0.2, 0.25) is 5.02 Å². The summed E-state index contributed by atoms with van der Waals surface area (Å²) in [6.07, 6.45) is 1.26. The molecule has 1 aromatic heterocycles. The molecule has 1 heterocycles. The summed E-state index contributed by atoms with van der Waals surface area (Å²) in [4.78, 5) is 7.90. The fourth-order valence-corrected chi connectivity index (χ4v) is 1.18. The highest BCUT2D eigenvalue weighted by atomic mass is 35.5. The number of hydrogen-bond acceptors (Lipinski definition) is 3. The number of nitrogens with two attached hydrogens (primary N) is 1. The number of hydrogen-bond donors (Lipinski definition) is 1. The molecule has 1 aromatic rings. The van der Waals surface area contributed by atoms with Gasteiger partial charge in [-0.25, -0.2) is 10.9 Å². The molecule has 0 aliphatic carbocycles. The third-order valence-electron chi connectivity index (χ3n) is 1.71. The van der Waals surface area contributed by atoms with Gasteiger partial charge in [0.05, 0.1) is 11.6 Å². The van der Waals surface area contributed by atoms with Crippen molar-refractivity contribution < 1.29 is 9.23 Å². The van der Waals surface area contributed by atoms with E-state index in [9.17, 15) is 4.39 Å². The van der Waals surface area contributed by atoms with E-state index in [-0.39, 0.29) is 12.5 Å². The Labute approximate surface area is 80.6 Å². The predicted octanol–water partition coefficient (Wildman–Crippen LogP) is 1.87. The highest BCUT2D eigenvalue weighted by Crippen LogP contribution is 2.20. The smallest absolute Gasteiger partial charge is 0.216 e. The van der Waals surface area contributed by atoms with Gasteiger partial charge in [-0.05, 0) is 6.07 Å². The lowest BCUT2D eigenvalue weighted by atomic mass is 10.0. The van der Waals surface area contributed by atoms with Crippen LogP contribution in [0.15, 0.2) is 12.3 Å². The average Bonchev–Trinajstić information content (AvgIpc) is 2.09. The summed E-state index contributed by atoms with van der Waals surface area (Å²) in [6, 6.07) is 1.52. The Morgan fingerprint density at radius 1 is 1.77 bits per heavy atom. The number of rotatable bonds is 3. The van der Waals surface area contributed by atoms with Crippen molar-refractivity contribution in [2.45, 2.75) is 12.8 Å². The molecular weight excluding hydrogens is 195 g/mol. The van der Waals surface area contributed by atoms with Crippen LogP contribution in [0.4, 0.5) is 4.39 Å². The molecule has 0 aliphatic rings. The van der Waals surface area contributed by atoms with Crippen LogP contribution in [-0.4, -0.2) is 11.6 Å². The molecule has 2 N–H and O–H groups in total. The van der Waals surface area contributed by atoms with Crippen molar-refractivity contribution in [3.63, 3.8) is 0 Å².